The first kappa shape index (κ1) is 22.5. The van der Waals surface area contributed by atoms with Crippen LogP contribution in [0.1, 0.15) is 36.3 Å². The summed E-state index contributed by atoms with van der Waals surface area (Å²) in [6.07, 6.45) is 4.87. The molecule has 0 aliphatic carbocycles. The molecule has 5 aromatic rings. The van der Waals surface area contributed by atoms with Crippen molar-refractivity contribution in [3.8, 4) is 28.5 Å². The largest absolute Gasteiger partial charge is 0.463 e. The molecule has 0 spiro atoms. The van der Waals surface area contributed by atoms with E-state index in [0.717, 1.165) is 5.56 Å². The monoisotopic (exact) mass is 488 g/mol. The van der Waals surface area contributed by atoms with Crippen molar-refractivity contribution in [3.05, 3.63) is 89.9 Å². The highest BCUT2D eigenvalue weighted by molar-refractivity contribution is 6.30. The van der Waals surface area contributed by atoms with Gasteiger partial charge in [0.05, 0.1) is 12.0 Å². The van der Waals surface area contributed by atoms with Crippen molar-refractivity contribution < 1.29 is 13.7 Å². The van der Waals surface area contributed by atoms with Gasteiger partial charge in [-0.05, 0) is 48.4 Å². The Hall–Kier alpha value is -4.24. The fourth-order valence-electron chi connectivity index (χ4n) is 3.61. The first-order valence-electron chi connectivity index (χ1n) is 10.9. The lowest BCUT2D eigenvalue weighted by Crippen LogP contribution is -2.32. The average Bonchev–Trinajstić information content (AvgIpc) is 3.63. The second-order valence-corrected chi connectivity index (χ2v) is 8.61. The van der Waals surface area contributed by atoms with Crippen LogP contribution in [0.4, 0.5) is 0 Å². The maximum atomic E-state index is 13.3. The first-order chi connectivity index (χ1) is 17.0. The van der Waals surface area contributed by atoms with Gasteiger partial charge in [0.25, 0.3) is 5.91 Å². The van der Waals surface area contributed by atoms with Gasteiger partial charge < -0.3 is 14.3 Å². The molecule has 0 aliphatic heterocycles. The van der Waals surface area contributed by atoms with Gasteiger partial charge in [-0.25, -0.2) is 4.68 Å². The zero-order chi connectivity index (χ0) is 24.4. The van der Waals surface area contributed by atoms with E-state index in [1.54, 1.807) is 65.8 Å². The third-order valence-electron chi connectivity index (χ3n) is 5.37. The van der Waals surface area contributed by atoms with Gasteiger partial charge in [-0.2, -0.15) is 10.1 Å². The van der Waals surface area contributed by atoms with Crippen molar-refractivity contribution in [2.24, 2.45) is 5.92 Å². The molecule has 1 unspecified atom stereocenters. The van der Waals surface area contributed by atoms with Gasteiger partial charge in [0.2, 0.25) is 11.7 Å². The lowest BCUT2D eigenvalue weighted by molar-refractivity contribution is 0.0908. The summed E-state index contributed by atoms with van der Waals surface area (Å²) in [5.41, 5.74) is 2.28. The molecule has 35 heavy (non-hydrogen) atoms. The van der Waals surface area contributed by atoms with E-state index in [1.807, 2.05) is 26.0 Å². The third kappa shape index (κ3) is 4.71. The number of aromatic nitrogens is 5. The molecule has 0 saturated heterocycles. The summed E-state index contributed by atoms with van der Waals surface area (Å²) in [5.74, 6) is 0.884. The zero-order valence-electron chi connectivity index (χ0n) is 18.9. The third-order valence-corrected chi connectivity index (χ3v) is 5.60. The van der Waals surface area contributed by atoms with Crippen molar-refractivity contribution in [1.29, 1.82) is 0 Å². The minimum atomic E-state index is -0.519. The van der Waals surface area contributed by atoms with Crippen LogP contribution < -0.4 is 5.32 Å². The summed E-state index contributed by atoms with van der Waals surface area (Å²) < 4.78 is 12.7. The van der Waals surface area contributed by atoms with E-state index in [-0.39, 0.29) is 17.5 Å². The molecule has 0 aliphatic rings. The van der Waals surface area contributed by atoms with Crippen LogP contribution in [0.25, 0.3) is 28.5 Å². The highest BCUT2D eigenvalue weighted by Crippen LogP contribution is 2.27. The van der Waals surface area contributed by atoms with Gasteiger partial charge in [0, 0.05) is 29.0 Å². The van der Waals surface area contributed by atoms with Crippen molar-refractivity contribution in [2.75, 3.05) is 0 Å². The second-order valence-electron chi connectivity index (χ2n) is 8.17. The normalized spacial score (nSPS) is 12.1. The lowest BCUT2D eigenvalue weighted by Gasteiger charge is -2.17. The number of nitrogens with zero attached hydrogens (tertiary/aromatic N) is 5. The predicted molar refractivity (Wildman–Crippen MR) is 129 cm³/mol. The molecule has 1 atom stereocenters. The Balaban J connectivity index is 1.46. The van der Waals surface area contributed by atoms with Gasteiger partial charge in [-0.3, -0.25) is 9.78 Å². The topological polar surface area (TPSA) is 112 Å². The molecule has 4 heterocycles. The van der Waals surface area contributed by atoms with E-state index in [4.69, 9.17) is 20.5 Å². The van der Waals surface area contributed by atoms with E-state index >= 15 is 0 Å². The van der Waals surface area contributed by atoms with Crippen LogP contribution in [0.2, 0.25) is 5.02 Å². The van der Waals surface area contributed by atoms with Crippen LogP contribution in [0.5, 0.6) is 0 Å². The lowest BCUT2D eigenvalue weighted by atomic mass is 10.0. The molecular weight excluding hydrogens is 468 g/mol. The number of halogens is 1. The van der Waals surface area contributed by atoms with E-state index in [1.165, 1.54) is 0 Å². The number of rotatable bonds is 7. The number of hydrogen-bond acceptors (Lipinski definition) is 7. The van der Waals surface area contributed by atoms with Crippen molar-refractivity contribution in [2.45, 2.75) is 19.9 Å². The number of pyridine rings is 1. The van der Waals surface area contributed by atoms with Crippen molar-refractivity contribution in [3.63, 3.8) is 0 Å². The minimum absolute atomic E-state index is 0.0238. The van der Waals surface area contributed by atoms with Crippen LogP contribution in [-0.2, 0) is 0 Å². The molecule has 1 N–H and O–H groups in total. The predicted octanol–water partition coefficient (Wildman–Crippen LogP) is 5.36. The van der Waals surface area contributed by atoms with E-state index < -0.39 is 6.04 Å². The number of furan rings is 1. The summed E-state index contributed by atoms with van der Waals surface area (Å²) in [7, 11) is 0. The van der Waals surface area contributed by atoms with E-state index in [9.17, 15) is 4.79 Å². The second kappa shape index (κ2) is 9.55. The minimum Gasteiger partial charge on any atom is -0.463 e. The molecule has 10 heteroatoms. The number of benzene rings is 1. The quantitative estimate of drug-likeness (QED) is 0.328. The summed E-state index contributed by atoms with van der Waals surface area (Å²) in [4.78, 5) is 21.8. The highest BCUT2D eigenvalue weighted by atomic mass is 35.5. The van der Waals surface area contributed by atoms with Crippen LogP contribution >= 0.6 is 11.6 Å². The maximum absolute atomic E-state index is 13.3. The summed E-state index contributed by atoms with van der Waals surface area (Å²) in [5, 5.41) is 12.1. The van der Waals surface area contributed by atoms with Gasteiger partial charge in [0.1, 0.15) is 11.7 Å². The summed E-state index contributed by atoms with van der Waals surface area (Å²) >= 11 is 6.19. The molecule has 4 aromatic heterocycles. The molecule has 1 amide bonds. The molecule has 176 valence electrons. The standard InChI is InChI=1S/C25H21ClN6O3/c1-15(2)22(25-29-23(31-35-25)16-8-10-27-11-9-16)28-24(33)19-14-20(21-7-4-12-34-21)32(30-19)18-6-3-5-17(26)13-18/h3-15,22H,1-2H3,(H,28,33). The van der Waals surface area contributed by atoms with Gasteiger partial charge >= 0.3 is 0 Å². The Bertz CT molecular complexity index is 1440. The SMILES string of the molecule is CC(C)C(NC(=O)c1cc(-c2ccco2)n(-c2cccc(Cl)c2)n1)c1nc(-c2ccncc2)no1. The molecule has 0 bridgehead atoms. The Kier molecular flexibility index (Phi) is 6.15. The molecule has 1 aromatic carbocycles. The van der Waals surface area contributed by atoms with Gasteiger partial charge in [-0.15, -0.1) is 0 Å². The number of carbonyl (C=O) groups excluding carboxylic acids is 1. The molecule has 0 radical (unpaired) electrons. The zero-order valence-corrected chi connectivity index (χ0v) is 19.7. The van der Waals surface area contributed by atoms with Crippen LogP contribution in [-0.4, -0.2) is 30.8 Å². The number of carbonyl (C=O) groups is 1. The number of hydrogen-bond donors (Lipinski definition) is 1. The van der Waals surface area contributed by atoms with Crippen molar-refractivity contribution in [1.82, 2.24) is 30.2 Å². The van der Waals surface area contributed by atoms with Crippen LogP contribution in [0.3, 0.4) is 0 Å². The van der Waals surface area contributed by atoms with Crippen LogP contribution in [0, 0.1) is 5.92 Å². The van der Waals surface area contributed by atoms with Crippen LogP contribution in [0.15, 0.2) is 82.2 Å². The summed E-state index contributed by atoms with van der Waals surface area (Å²) in [6, 6.07) is 15.5. The summed E-state index contributed by atoms with van der Waals surface area (Å²) in [6.45, 7) is 3.92. The van der Waals surface area contributed by atoms with Gasteiger partial charge in [-0.1, -0.05) is 36.7 Å². The Morgan fingerprint density at radius 1 is 1.09 bits per heavy atom. The van der Waals surface area contributed by atoms with E-state index in [2.05, 4.69) is 25.5 Å². The number of amides is 1. The Morgan fingerprint density at radius 2 is 1.91 bits per heavy atom. The smallest absolute Gasteiger partial charge is 0.272 e. The maximum Gasteiger partial charge on any atom is 0.272 e. The number of nitrogens with one attached hydrogen (secondary N) is 1. The fraction of sp³-hybridized carbons (Fsp3) is 0.160. The molecular formula is C25H21ClN6O3. The first-order valence-corrected chi connectivity index (χ1v) is 11.3. The van der Waals surface area contributed by atoms with Crippen molar-refractivity contribution >= 4 is 17.5 Å². The van der Waals surface area contributed by atoms with Gasteiger partial charge in [0.15, 0.2) is 11.5 Å². The molecule has 0 saturated carbocycles. The Morgan fingerprint density at radius 3 is 2.63 bits per heavy atom. The average molecular weight is 489 g/mol. The molecule has 0 fully saturated rings. The fourth-order valence-corrected chi connectivity index (χ4v) is 3.79. The van der Waals surface area contributed by atoms with E-state index in [0.29, 0.717) is 33.9 Å². The Labute approximate surface area is 205 Å². The highest BCUT2D eigenvalue weighted by Gasteiger charge is 2.27. The molecule has 9 nitrogen and oxygen atoms in total. The molecule has 5 rings (SSSR count).